The van der Waals surface area contributed by atoms with Crippen LogP contribution in [0, 0.1) is 6.92 Å². The molecule has 0 saturated heterocycles. The first-order valence-corrected chi connectivity index (χ1v) is 6.50. The van der Waals surface area contributed by atoms with Crippen LogP contribution in [-0.4, -0.2) is 11.7 Å². The van der Waals surface area contributed by atoms with Gasteiger partial charge in [0.15, 0.2) is 0 Å². The van der Waals surface area contributed by atoms with E-state index in [4.69, 9.17) is 5.73 Å². The molecule has 3 rings (SSSR count). The van der Waals surface area contributed by atoms with E-state index < -0.39 is 0 Å². The van der Waals surface area contributed by atoms with E-state index in [1.54, 1.807) is 0 Å². The first-order valence-electron chi connectivity index (χ1n) is 6.50. The Morgan fingerprint density at radius 3 is 1.74 bits per heavy atom. The second-order valence-corrected chi connectivity index (χ2v) is 4.92. The average molecular weight is 251 g/mol. The highest BCUT2D eigenvalue weighted by atomic mass is 16.3. The molecule has 0 radical (unpaired) electrons. The van der Waals surface area contributed by atoms with E-state index in [1.807, 2.05) is 24.3 Å². The third-order valence-electron chi connectivity index (χ3n) is 3.81. The van der Waals surface area contributed by atoms with Gasteiger partial charge in [-0.1, -0.05) is 48.5 Å². The lowest BCUT2D eigenvalue weighted by atomic mass is 9.89. The average Bonchev–Trinajstić information content (AvgIpc) is 2.47. The molecule has 0 aliphatic heterocycles. The highest BCUT2D eigenvalue weighted by Crippen LogP contribution is 2.34. The molecule has 0 aromatic heterocycles. The normalized spacial score (nSPS) is 13.0. The Morgan fingerprint density at radius 1 is 0.895 bits per heavy atom. The molecule has 0 spiro atoms. The lowest BCUT2D eigenvalue weighted by Gasteiger charge is -2.18. The van der Waals surface area contributed by atoms with Crippen molar-refractivity contribution in [2.45, 2.75) is 13.0 Å². The lowest BCUT2D eigenvalue weighted by molar-refractivity contribution is 0.269. The van der Waals surface area contributed by atoms with Crippen molar-refractivity contribution in [1.29, 1.82) is 0 Å². The predicted octanol–water partition coefficient (Wildman–Crippen LogP) is 3.29. The molecule has 0 aliphatic rings. The number of fused-ring (bicyclic) bond motifs is 2. The number of benzene rings is 3. The molecule has 2 nitrogen and oxygen atoms in total. The summed E-state index contributed by atoms with van der Waals surface area (Å²) in [5.41, 5.74) is 8.43. The molecule has 0 aliphatic carbocycles. The van der Waals surface area contributed by atoms with Gasteiger partial charge in [0.05, 0.1) is 12.6 Å². The van der Waals surface area contributed by atoms with Gasteiger partial charge in [0.1, 0.15) is 0 Å². The summed E-state index contributed by atoms with van der Waals surface area (Å²) in [6, 6.07) is 16.2. The smallest absolute Gasteiger partial charge is 0.0624 e. The van der Waals surface area contributed by atoms with Crippen LogP contribution in [0.2, 0.25) is 0 Å². The van der Waals surface area contributed by atoms with Crippen LogP contribution >= 0.6 is 0 Å². The second-order valence-electron chi connectivity index (χ2n) is 4.92. The van der Waals surface area contributed by atoms with Crippen LogP contribution in [0.1, 0.15) is 17.2 Å². The molecular formula is C17H17NO. The zero-order valence-electron chi connectivity index (χ0n) is 10.9. The number of aliphatic hydroxyl groups is 1. The van der Waals surface area contributed by atoms with Gasteiger partial charge in [-0.3, -0.25) is 0 Å². The van der Waals surface area contributed by atoms with E-state index in [0.717, 1.165) is 16.3 Å². The fraction of sp³-hybridized carbons (Fsp3) is 0.176. The number of aliphatic hydroxyl groups excluding tert-OH is 1. The van der Waals surface area contributed by atoms with Gasteiger partial charge in [0.25, 0.3) is 0 Å². The molecule has 2 heteroatoms. The predicted molar refractivity (Wildman–Crippen MR) is 80.2 cm³/mol. The molecule has 19 heavy (non-hydrogen) atoms. The number of nitrogens with two attached hydrogens (primary N) is 1. The van der Waals surface area contributed by atoms with Crippen LogP contribution in [0.3, 0.4) is 0 Å². The molecule has 0 unspecified atom stereocenters. The molecule has 0 heterocycles. The molecule has 0 bridgehead atoms. The summed E-state index contributed by atoms with van der Waals surface area (Å²) in [5.74, 6) is 0. The standard InChI is InChI=1S/C17H17NO/c1-11-12-6-2-4-8-14(12)17(16(18)10-19)15-9-5-3-7-13(11)15/h2-9,16,19H,10,18H2,1H3/t16-/m0/s1. The highest BCUT2D eigenvalue weighted by molar-refractivity contribution is 6.05. The van der Waals surface area contributed by atoms with Crippen LogP contribution < -0.4 is 5.73 Å². The zero-order chi connectivity index (χ0) is 13.4. The number of rotatable bonds is 2. The Hall–Kier alpha value is -1.90. The SMILES string of the molecule is Cc1c2ccccc2c([C@@H](N)CO)c2ccccc12. The Labute approximate surface area is 112 Å². The van der Waals surface area contributed by atoms with Crippen LogP contribution in [-0.2, 0) is 0 Å². The van der Waals surface area contributed by atoms with Crippen molar-refractivity contribution in [3.63, 3.8) is 0 Å². The molecule has 3 aromatic rings. The van der Waals surface area contributed by atoms with Crippen LogP contribution in [0.5, 0.6) is 0 Å². The van der Waals surface area contributed by atoms with Crippen molar-refractivity contribution in [3.05, 3.63) is 59.7 Å². The summed E-state index contributed by atoms with van der Waals surface area (Å²) >= 11 is 0. The molecule has 96 valence electrons. The minimum Gasteiger partial charge on any atom is -0.394 e. The maximum absolute atomic E-state index is 9.45. The molecule has 1 atom stereocenters. The first-order chi connectivity index (χ1) is 9.24. The summed E-state index contributed by atoms with van der Waals surface area (Å²) in [4.78, 5) is 0. The largest absolute Gasteiger partial charge is 0.394 e. The Bertz CT molecular complexity index is 692. The molecule has 0 amide bonds. The van der Waals surface area contributed by atoms with Crippen molar-refractivity contribution in [2.24, 2.45) is 5.73 Å². The minimum atomic E-state index is -0.351. The maximum atomic E-state index is 9.45. The Balaban J connectivity index is 2.56. The third-order valence-corrected chi connectivity index (χ3v) is 3.81. The van der Waals surface area contributed by atoms with Gasteiger partial charge >= 0.3 is 0 Å². The fourth-order valence-electron chi connectivity index (χ4n) is 2.87. The third kappa shape index (κ3) is 1.81. The van der Waals surface area contributed by atoms with E-state index in [9.17, 15) is 5.11 Å². The molecular weight excluding hydrogens is 234 g/mol. The van der Waals surface area contributed by atoms with Gasteiger partial charge in [0.2, 0.25) is 0 Å². The Morgan fingerprint density at radius 2 is 1.32 bits per heavy atom. The fourth-order valence-corrected chi connectivity index (χ4v) is 2.87. The van der Waals surface area contributed by atoms with E-state index in [-0.39, 0.29) is 12.6 Å². The summed E-state index contributed by atoms with van der Waals surface area (Å²) in [7, 11) is 0. The molecule has 0 saturated carbocycles. The number of hydrogen-bond acceptors (Lipinski definition) is 2. The van der Waals surface area contributed by atoms with Crippen LogP contribution in [0.4, 0.5) is 0 Å². The van der Waals surface area contributed by atoms with Gasteiger partial charge in [-0.15, -0.1) is 0 Å². The van der Waals surface area contributed by atoms with E-state index in [0.29, 0.717) is 0 Å². The van der Waals surface area contributed by atoms with Gasteiger partial charge in [0, 0.05) is 0 Å². The highest BCUT2D eigenvalue weighted by Gasteiger charge is 2.15. The van der Waals surface area contributed by atoms with Crippen LogP contribution in [0.25, 0.3) is 21.5 Å². The second kappa shape index (κ2) is 4.65. The van der Waals surface area contributed by atoms with Crippen molar-refractivity contribution in [1.82, 2.24) is 0 Å². The summed E-state index contributed by atoms with van der Waals surface area (Å²) in [5, 5.41) is 14.1. The number of hydrogen-bond donors (Lipinski definition) is 2. The van der Waals surface area contributed by atoms with Gasteiger partial charge in [-0.2, -0.15) is 0 Å². The van der Waals surface area contributed by atoms with Gasteiger partial charge in [-0.25, -0.2) is 0 Å². The molecule has 0 fully saturated rings. The van der Waals surface area contributed by atoms with Gasteiger partial charge < -0.3 is 10.8 Å². The van der Waals surface area contributed by atoms with Crippen LogP contribution in [0.15, 0.2) is 48.5 Å². The summed E-state index contributed by atoms with van der Waals surface area (Å²) in [6.45, 7) is 2.09. The monoisotopic (exact) mass is 251 g/mol. The van der Waals surface area contributed by atoms with Gasteiger partial charge in [-0.05, 0) is 39.6 Å². The van der Waals surface area contributed by atoms with Crippen molar-refractivity contribution in [2.75, 3.05) is 6.61 Å². The van der Waals surface area contributed by atoms with E-state index >= 15 is 0 Å². The number of aryl methyl sites for hydroxylation is 1. The minimum absolute atomic E-state index is 0.0446. The lowest BCUT2D eigenvalue weighted by Crippen LogP contribution is -2.15. The van der Waals surface area contributed by atoms with Crippen molar-refractivity contribution < 1.29 is 5.11 Å². The quantitative estimate of drug-likeness (QED) is 0.686. The topological polar surface area (TPSA) is 46.2 Å². The molecule has 3 N–H and O–H groups in total. The zero-order valence-corrected chi connectivity index (χ0v) is 10.9. The summed E-state index contributed by atoms with van der Waals surface area (Å²) in [6.07, 6.45) is 0. The van der Waals surface area contributed by atoms with E-state index in [1.165, 1.54) is 16.3 Å². The first kappa shape index (κ1) is 12.2. The summed E-state index contributed by atoms with van der Waals surface area (Å²) < 4.78 is 0. The van der Waals surface area contributed by atoms with E-state index in [2.05, 4.69) is 31.2 Å². The van der Waals surface area contributed by atoms with Crippen molar-refractivity contribution in [3.8, 4) is 0 Å². The molecule has 3 aromatic carbocycles. The Kier molecular flexibility index (Phi) is 2.97. The maximum Gasteiger partial charge on any atom is 0.0624 e. The van der Waals surface area contributed by atoms with Crippen molar-refractivity contribution >= 4 is 21.5 Å².